The van der Waals surface area contributed by atoms with Crippen LogP contribution in [0.25, 0.3) is 44.5 Å². The van der Waals surface area contributed by atoms with Crippen LogP contribution in [0.15, 0.2) is 121 Å². The zero-order valence-electron chi connectivity index (χ0n) is 29.6. The van der Waals surface area contributed by atoms with E-state index in [-0.39, 0.29) is 30.5 Å². The molecule has 0 radical (unpaired) electrons. The van der Waals surface area contributed by atoms with Gasteiger partial charge in [0.2, 0.25) is 6.79 Å². The molecule has 54 heavy (non-hydrogen) atoms. The SMILES string of the molecule is COc1ccc(-c2ccc(-c3ccc(OCOc4ccc(-c5ccc(-c6ccc(OC(F)(F)F)cc6)c(F)c5)cc4C)c(C)c3)cc2F)cc1.NCCF. The third-order valence-electron chi connectivity index (χ3n) is 8.29. The highest BCUT2D eigenvalue weighted by Gasteiger charge is 2.31. The first-order valence-corrected chi connectivity index (χ1v) is 16.7. The first-order chi connectivity index (χ1) is 25.9. The van der Waals surface area contributed by atoms with Crippen molar-refractivity contribution in [2.45, 2.75) is 20.2 Å². The minimum Gasteiger partial charge on any atom is -0.497 e. The Hall–Kier alpha value is -5.94. The second-order valence-corrected chi connectivity index (χ2v) is 12.0. The van der Waals surface area contributed by atoms with E-state index in [4.69, 9.17) is 14.2 Å². The number of benzene rings is 6. The molecule has 0 spiro atoms. The molecule has 0 saturated heterocycles. The van der Waals surface area contributed by atoms with Crippen molar-refractivity contribution in [1.29, 1.82) is 0 Å². The molecule has 0 bridgehead atoms. The fraction of sp³-hybridized carbons (Fsp3) is 0.163. The summed E-state index contributed by atoms with van der Waals surface area (Å²) < 4.78 is 99.0. The normalized spacial score (nSPS) is 11.0. The van der Waals surface area contributed by atoms with E-state index in [1.807, 2.05) is 56.3 Å². The van der Waals surface area contributed by atoms with Gasteiger partial charge in [0.05, 0.1) is 7.11 Å². The van der Waals surface area contributed by atoms with Crippen molar-refractivity contribution in [2.24, 2.45) is 5.73 Å². The number of alkyl halides is 4. The Morgan fingerprint density at radius 2 is 0.907 bits per heavy atom. The minimum atomic E-state index is -4.80. The summed E-state index contributed by atoms with van der Waals surface area (Å²) in [5.74, 6) is 0.697. The third-order valence-corrected chi connectivity index (χ3v) is 8.29. The molecule has 0 aromatic heterocycles. The number of hydrogen-bond donors (Lipinski definition) is 1. The number of hydrogen-bond acceptors (Lipinski definition) is 5. The number of ether oxygens (including phenoxy) is 4. The van der Waals surface area contributed by atoms with Crippen molar-refractivity contribution < 1.29 is 45.3 Å². The molecule has 0 aliphatic heterocycles. The Bertz CT molecular complexity index is 2170. The molecule has 0 unspecified atom stereocenters. The van der Waals surface area contributed by atoms with Crippen LogP contribution in [0.5, 0.6) is 23.0 Å². The van der Waals surface area contributed by atoms with Crippen LogP contribution in [0.4, 0.5) is 26.3 Å². The number of halogens is 6. The van der Waals surface area contributed by atoms with Gasteiger partial charge < -0.3 is 24.7 Å². The molecule has 0 amide bonds. The maximum Gasteiger partial charge on any atom is 0.573 e. The van der Waals surface area contributed by atoms with E-state index in [1.54, 1.807) is 49.6 Å². The van der Waals surface area contributed by atoms with Gasteiger partial charge in [-0.3, -0.25) is 0 Å². The van der Waals surface area contributed by atoms with Gasteiger partial charge in [0, 0.05) is 17.7 Å². The van der Waals surface area contributed by atoms with Crippen LogP contribution < -0.4 is 24.7 Å². The molecule has 0 aliphatic rings. The Morgan fingerprint density at radius 1 is 0.537 bits per heavy atom. The average molecular weight is 746 g/mol. The largest absolute Gasteiger partial charge is 0.573 e. The van der Waals surface area contributed by atoms with Crippen LogP contribution in [-0.2, 0) is 0 Å². The maximum atomic E-state index is 15.1. The molecule has 6 aromatic carbocycles. The van der Waals surface area contributed by atoms with Gasteiger partial charge in [-0.2, -0.15) is 0 Å². The Balaban J connectivity index is 0.00000133. The molecule has 0 saturated carbocycles. The maximum absolute atomic E-state index is 15.1. The highest BCUT2D eigenvalue weighted by molar-refractivity contribution is 5.73. The van der Waals surface area contributed by atoms with Crippen molar-refractivity contribution in [3.05, 3.63) is 144 Å². The summed E-state index contributed by atoms with van der Waals surface area (Å²) in [4.78, 5) is 0. The van der Waals surface area contributed by atoms with Gasteiger partial charge in [0.15, 0.2) is 0 Å². The van der Waals surface area contributed by atoms with Gasteiger partial charge >= 0.3 is 6.36 Å². The van der Waals surface area contributed by atoms with Crippen molar-refractivity contribution >= 4 is 0 Å². The molecule has 6 rings (SSSR count). The summed E-state index contributed by atoms with van der Waals surface area (Å²) in [7, 11) is 1.59. The zero-order chi connectivity index (χ0) is 38.8. The lowest BCUT2D eigenvalue weighted by molar-refractivity contribution is -0.274. The minimum absolute atomic E-state index is 0.0539. The monoisotopic (exact) mass is 745 g/mol. The molecule has 6 aromatic rings. The summed E-state index contributed by atoms with van der Waals surface area (Å²) in [5, 5.41) is 0. The van der Waals surface area contributed by atoms with Gasteiger partial charge in [-0.25, -0.2) is 13.2 Å². The van der Waals surface area contributed by atoms with E-state index >= 15 is 8.78 Å². The molecule has 0 fully saturated rings. The second kappa shape index (κ2) is 17.7. The topological polar surface area (TPSA) is 62.9 Å². The van der Waals surface area contributed by atoms with Gasteiger partial charge in [0.1, 0.15) is 41.3 Å². The summed E-state index contributed by atoms with van der Waals surface area (Å²) >= 11 is 0. The van der Waals surface area contributed by atoms with Crippen molar-refractivity contribution in [1.82, 2.24) is 0 Å². The summed E-state index contributed by atoms with van der Waals surface area (Å²) in [6.45, 7) is 3.47. The van der Waals surface area contributed by atoms with E-state index < -0.39 is 18.9 Å². The number of methoxy groups -OCH3 is 1. The number of nitrogens with two attached hydrogens (primary N) is 1. The molecular formula is C43H37F6NO4. The Kier molecular flexibility index (Phi) is 12.9. The highest BCUT2D eigenvalue weighted by Crippen LogP contribution is 2.34. The standard InChI is InChI=1S/C41H31F5O4.C2H6FN/c1-25-20-29(31-8-16-35(37(42)22-31)27-4-12-33(47-3)13-5-27)10-18-39(25)48-24-49-40-19-11-30(21-26(40)2)32-9-17-36(38(43)23-32)28-6-14-34(15-7-28)50-41(44,45)46;3-1-2-4/h4-23H,24H2,1-3H3;1-2,4H2. The van der Waals surface area contributed by atoms with E-state index in [1.165, 1.54) is 24.3 Å². The predicted molar refractivity (Wildman–Crippen MR) is 198 cm³/mol. The molecule has 0 heterocycles. The van der Waals surface area contributed by atoms with Crippen molar-refractivity contribution in [3.63, 3.8) is 0 Å². The van der Waals surface area contributed by atoms with Gasteiger partial charge in [0.25, 0.3) is 0 Å². The lowest BCUT2D eigenvalue weighted by atomic mass is 9.98. The Morgan fingerprint density at radius 3 is 1.26 bits per heavy atom. The molecule has 280 valence electrons. The first-order valence-electron chi connectivity index (χ1n) is 16.7. The van der Waals surface area contributed by atoms with Crippen molar-refractivity contribution in [3.8, 4) is 67.5 Å². The third kappa shape index (κ3) is 10.1. The van der Waals surface area contributed by atoms with E-state index in [9.17, 15) is 17.6 Å². The van der Waals surface area contributed by atoms with Crippen molar-refractivity contribution in [2.75, 3.05) is 27.1 Å². The molecule has 11 heteroatoms. The average Bonchev–Trinajstić information content (AvgIpc) is 3.16. The van der Waals surface area contributed by atoms with Gasteiger partial charge in [-0.15, -0.1) is 13.2 Å². The lowest BCUT2D eigenvalue weighted by Crippen LogP contribution is -2.16. The lowest BCUT2D eigenvalue weighted by Gasteiger charge is -2.14. The molecule has 0 atom stereocenters. The predicted octanol–water partition coefficient (Wildman–Crippen LogP) is 11.5. The van der Waals surface area contributed by atoms with E-state index in [2.05, 4.69) is 10.5 Å². The fourth-order valence-corrected chi connectivity index (χ4v) is 5.60. The smallest absolute Gasteiger partial charge is 0.497 e. The van der Waals surface area contributed by atoms with E-state index in [0.717, 1.165) is 45.5 Å². The number of aryl methyl sites for hydroxylation is 2. The van der Waals surface area contributed by atoms with Crippen LogP contribution >= 0.6 is 0 Å². The first kappa shape index (κ1) is 39.3. The molecule has 0 aliphatic carbocycles. The summed E-state index contributed by atoms with van der Waals surface area (Å²) in [5.41, 5.74) is 11.2. The summed E-state index contributed by atoms with van der Waals surface area (Å²) in [6.07, 6.45) is -4.80. The molecule has 5 nitrogen and oxygen atoms in total. The van der Waals surface area contributed by atoms with Crippen LogP contribution in [0.1, 0.15) is 11.1 Å². The Labute approximate surface area is 309 Å². The second-order valence-electron chi connectivity index (χ2n) is 12.0. The van der Waals surface area contributed by atoms with Crippen LogP contribution in [0.3, 0.4) is 0 Å². The van der Waals surface area contributed by atoms with Crippen LogP contribution in [-0.4, -0.2) is 33.5 Å². The fourth-order valence-electron chi connectivity index (χ4n) is 5.60. The molecular weight excluding hydrogens is 708 g/mol. The zero-order valence-corrected chi connectivity index (χ0v) is 29.6. The number of rotatable bonds is 11. The van der Waals surface area contributed by atoms with E-state index in [0.29, 0.717) is 33.9 Å². The molecule has 2 N–H and O–H groups in total. The van der Waals surface area contributed by atoms with Gasteiger partial charge in [-0.1, -0.05) is 60.7 Å². The van der Waals surface area contributed by atoms with Crippen LogP contribution in [0, 0.1) is 25.5 Å². The van der Waals surface area contributed by atoms with Gasteiger partial charge in [-0.05, 0) is 119 Å². The highest BCUT2D eigenvalue weighted by atomic mass is 19.4. The summed E-state index contributed by atoms with van der Waals surface area (Å²) in [6, 6.07) is 33.2. The van der Waals surface area contributed by atoms with Crippen LogP contribution in [0.2, 0.25) is 0 Å². The quantitative estimate of drug-likeness (QED) is 0.106.